The molecular weight excluding hydrogens is 250 g/mol. The number of hydrogen-bond acceptors (Lipinski definition) is 4. The number of aromatic amines is 1. The predicted octanol–water partition coefficient (Wildman–Crippen LogP) is 0.918. The molecule has 3 rings (SSSR count). The van der Waals surface area contributed by atoms with Gasteiger partial charge >= 0.3 is 0 Å². The highest BCUT2D eigenvalue weighted by molar-refractivity contribution is 7.71. The SMILES string of the molecule is Cc1nn(C)c2cnn(Cc3n[nH]c(=S)n3C)c12. The number of aromatic nitrogens is 7. The molecule has 0 fully saturated rings. The van der Waals surface area contributed by atoms with Crippen LogP contribution in [0, 0.1) is 11.7 Å². The molecule has 7 nitrogen and oxygen atoms in total. The van der Waals surface area contributed by atoms with Gasteiger partial charge in [-0.3, -0.25) is 14.5 Å². The van der Waals surface area contributed by atoms with Gasteiger partial charge in [0.1, 0.15) is 17.6 Å². The second-order valence-electron chi connectivity index (χ2n) is 4.25. The van der Waals surface area contributed by atoms with Gasteiger partial charge in [0.2, 0.25) is 0 Å². The molecule has 0 amide bonds. The van der Waals surface area contributed by atoms with Crippen molar-refractivity contribution in [3.8, 4) is 0 Å². The summed E-state index contributed by atoms with van der Waals surface area (Å²) >= 11 is 5.09. The number of hydrogen-bond donors (Lipinski definition) is 1. The highest BCUT2D eigenvalue weighted by Gasteiger charge is 2.13. The topological polar surface area (TPSA) is 69.2 Å². The van der Waals surface area contributed by atoms with Crippen LogP contribution in [0.5, 0.6) is 0 Å². The summed E-state index contributed by atoms with van der Waals surface area (Å²) in [4.78, 5) is 0. The second kappa shape index (κ2) is 3.77. The van der Waals surface area contributed by atoms with Crippen molar-refractivity contribution in [2.24, 2.45) is 14.1 Å². The molecule has 18 heavy (non-hydrogen) atoms. The summed E-state index contributed by atoms with van der Waals surface area (Å²) in [6.07, 6.45) is 1.82. The Morgan fingerprint density at radius 1 is 1.39 bits per heavy atom. The minimum absolute atomic E-state index is 0.569. The summed E-state index contributed by atoms with van der Waals surface area (Å²) in [6.45, 7) is 2.54. The van der Waals surface area contributed by atoms with Gasteiger partial charge in [0.05, 0.1) is 11.9 Å². The van der Waals surface area contributed by atoms with E-state index in [0.29, 0.717) is 11.3 Å². The largest absolute Gasteiger partial charge is 0.306 e. The van der Waals surface area contributed by atoms with E-state index >= 15 is 0 Å². The fraction of sp³-hybridized carbons (Fsp3) is 0.400. The molecule has 0 aromatic carbocycles. The molecule has 0 aliphatic heterocycles. The molecule has 0 bridgehead atoms. The third kappa shape index (κ3) is 1.49. The molecule has 1 N–H and O–H groups in total. The van der Waals surface area contributed by atoms with E-state index < -0.39 is 0 Å². The highest BCUT2D eigenvalue weighted by atomic mass is 32.1. The van der Waals surface area contributed by atoms with Gasteiger partial charge in [0, 0.05) is 14.1 Å². The number of rotatable bonds is 2. The standard InChI is InChI=1S/C10H13N7S/c1-6-9-7(16(3)14-6)4-11-17(9)5-8-12-13-10(18)15(8)2/h4H,5H2,1-3H3,(H,13,18). The number of fused-ring (bicyclic) bond motifs is 1. The van der Waals surface area contributed by atoms with Crippen molar-refractivity contribution >= 4 is 23.3 Å². The van der Waals surface area contributed by atoms with Crippen molar-refractivity contribution in [2.75, 3.05) is 0 Å². The van der Waals surface area contributed by atoms with E-state index in [1.165, 1.54) is 0 Å². The van der Waals surface area contributed by atoms with Gasteiger partial charge in [0.15, 0.2) is 10.6 Å². The average molecular weight is 263 g/mol. The molecule has 8 heteroatoms. The zero-order chi connectivity index (χ0) is 12.9. The Morgan fingerprint density at radius 3 is 2.83 bits per heavy atom. The molecule has 3 heterocycles. The molecule has 3 aromatic rings. The fourth-order valence-electron chi connectivity index (χ4n) is 2.09. The first-order valence-electron chi connectivity index (χ1n) is 5.53. The van der Waals surface area contributed by atoms with E-state index in [1.807, 2.05) is 41.1 Å². The number of nitrogens with zero attached hydrogens (tertiary/aromatic N) is 6. The van der Waals surface area contributed by atoms with Crippen molar-refractivity contribution in [1.82, 2.24) is 34.3 Å². The molecule has 0 spiro atoms. The third-order valence-electron chi connectivity index (χ3n) is 3.08. The summed E-state index contributed by atoms with van der Waals surface area (Å²) in [5, 5.41) is 15.7. The monoisotopic (exact) mass is 263 g/mol. The second-order valence-corrected chi connectivity index (χ2v) is 4.64. The molecule has 94 valence electrons. The van der Waals surface area contributed by atoms with Crippen LogP contribution in [-0.2, 0) is 20.6 Å². The number of H-pyrrole nitrogens is 1. The van der Waals surface area contributed by atoms with Gasteiger partial charge in [0.25, 0.3) is 0 Å². The quantitative estimate of drug-likeness (QED) is 0.698. The van der Waals surface area contributed by atoms with Crippen LogP contribution >= 0.6 is 12.2 Å². The van der Waals surface area contributed by atoms with Crippen LogP contribution < -0.4 is 0 Å². The Hall–Kier alpha value is -1.96. The lowest BCUT2D eigenvalue weighted by Gasteiger charge is -2.02. The summed E-state index contributed by atoms with van der Waals surface area (Å²) < 4.78 is 6.17. The highest BCUT2D eigenvalue weighted by Crippen LogP contribution is 2.17. The lowest BCUT2D eigenvalue weighted by molar-refractivity contribution is 0.644. The number of nitrogens with one attached hydrogen (secondary N) is 1. The van der Waals surface area contributed by atoms with Crippen molar-refractivity contribution in [1.29, 1.82) is 0 Å². The zero-order valence-electron chi connectivity index (χ0n) is 10.4. The predicted molar refractivity (Wildman–Crippen MR) is 68.7 cm³/mol. The van der Waals surface area contributed by atoms with Crippen molar-refractivity contribution in [3.63, 3.8) is 0 Å². The van der Waals surface area contributed by atoms with E-state index in [4.69, 9.17) is 12.2 Å². The van der Waals surface area contributed by atoms with E-state index in [1.54, 1.807) is 0 Å². The normalized spacial score (nSPS) is 11.5. The molecule has 0 aliphatic rings. The molecular formula is C10H13N7S. The van der Waals surface area contributed by atoms with E-state index in [9.17, 15) is 0 Å². The minimum atomic E-state index is 0.569. The Labute approximate surface area is 108 Å². The number of aryl methyl sites for hydroxylation is 2. The maximum absolute atomic E-state index is 5.09. The summed E-state index contributed by atoms with van der Waals surface area (Å²) in [5.74, 6) is 0.841. The van der Waals surface area contributed by atoms with E-state index in [0.717, 1.165) is 22.6 Å². The van der Waals surface area contributed by atoms with Gasteiger partial charge in [-0.2, -0.15) is 15.3 Å². The Balaban J connectivity index is 2.10. The molecule has 3 aromatic heterocycles. The third-order valence-corrected chi connectivity index (χ3v) is 3.44. The lowest BCUT2D eigenvalue weighted by Crippen LogP contribution is -2.07. The van der Waals surface area contributed by atoms with Crippen molar-refractivity contribution in [3.05, 3.63) is 22.5 Å². The van der Waals surface area contributed by atoms with Gasteiger partial charge in [-0.15, -0.1) is 0 Å². The summed E-state index contributed by atoms with van der Waals surface area (Å²) in [5.41, 5.74) is 3.01. The molecule has 0 saturated heterocycles. The summed E-state index contributed by atoms with van der Waals surface area (Å²) in [7, 11) is 3.80. The van der Waals surface area contributed by atoms with Crippen molar-refractivity contribution in [2.45, 2.75) is 13.5 Å². The first kappa shape index (κ1) is 11.1. The van der Waals surface area contributed by atoms with Gasteiger partial charge in [-0.05, 0) is 19.1 Å². The van der Waals surface area contributed by atoms with Crippen LogP contribution in [0.4, 0.5) is 0 Å². The molecule has 0 aliphatic carbocycles. The van der Waals surface area contributed by atoms with Crippen LogP contribution in [0.1, 0.15) is 11.5 Å². The van der Waals surface area contributed by atoms with Gasteiger partial charge in [-0.1, -0.05) is 0 Å². The molecule has 0 unspecified atom stereocenters. The van der Waals surface area contributed by atoms with E-state index in [2.05, 4.69) is 20.4 Å². The smallest absolute Gasteiger partial charge is 0.194 e. The van der Waals surface area contributed by atoms with Crippen LogP contribution in [0.2, 0.25) is 0 Å². The Morgan fingerprint density at radius 2 is 2.17 bits per heavy atom. The average Bonchev–Trinajstić information content (AvgIpc) is 2.95. The van der Waals surface area contributed by atoms with Crippen LogP contribution in [-0.4, -0.2) is 34.3 Å². The molecule has 0 saturated carbocycles. The maximum atomic E-state index is 5.09. The maximum Gasteiger partial charge on any atom is 0.194 e. The van der Waals surface area contributed by atoms with Crippen LogP contribution in [0.3, 0.4) is 0 Å². The Kier molecular flexibility index (Phi) is 2.34. The van der Waals surface area contributed by atoms with E-state index in [-0.39, 0.29) is 0 Å². The molecule has 0 radical (unpaired) electrons. The van der Waals surface area contributed by atoms with Crippen LogP contribution in [0.25, 0.3) is 11.0 Å². The first-order valence-corrected chi connectivity index (χ1v) is 5.94. The van der Waals surface area contributed by atoms with Gasteiger partial charge in [-0.25, -0.2) is 0 Å². The fourth-order valence-corrected chi connectivity index (χ4v) is 2.24. The first-order chi connectivity index (χ1) is 8.58. The minimum Gasteiger partial charge on any atom is -0.306 e. The summed E-state index contributed by atoms with van der Waals surface area (Å²) in [6, 6.07) is 0. The Bertz CT molecular complexity index is 772. The molecule has 0 atom stereocenters. The zero-order valence-corrected chi connectivity index (χ0v) is 11.2. The van der Waals surface area contributed by atoms with Crippen molar-refractivity contribution < 1.29 is 0 Å². The van der Waals surface area contributed by atoms with Gasteiger partial charge < -0.3 is 4.57 Å². The lowest BCUT2D eigenvalue weighted by atomic mass is 10.4. The van der Waals surface area contributed by atoms with Crippen LogP contribution in [0.15, 0.2) is 6.20 Å².